The lowest BCUT2D eigenvalue weighted by Gasteiger charge is -2.36. The van der Waals surface area contributed by atoms with Crippen LogP contribution in [-0.2, 0) is 0 Å². The Labute approximate surface area is 76.4 Å². The predicted octanol–water partition coefficient (Wildman–Crippen LogP) is 3.80. The van der Waals surface area contributed by atoms with Crippen LogP contribution in [-0.4, -0.2) is 0 Å². The molecule has 0 radical (unpaired) electrons. The Bertz CT molecular complexity index is 194. The number of hydrogen-bond donors (Lipinski definition) is 0. The molecule has 1 aliphatic carbocycles. The lowest BCUT2D eigenvalue weighted by Crippen LogP contribution is -2.28. The smallest absolute Gasteiger partial charge is 0.0142 e. The molecule has 12 heavy (non-hydrogen) atoms. The van der Waals surface area contributed by atoms with Crippen LogP contribution < -0.4 is 0 Å². The Morgan fingerprint density at radius 3 is 2.33 bits per heavy atom. The van der Waals surface area contributed by atoms with E-state index in [9.17, 15) is 0 Å². The maximum Gasteiger partial charge on any atom is -0.0142 e. The fourth-order valence-corrected chi connectivity index (χ4v) is 1.56. The summed E-state index contributed by atoms with van der Waals surface area (Å²) in [4.78, 5) is 0. The first kappa shape index (κ1) is 9.57. The lowest BCUT2D eigenvalue weighted by molar-refractivity contribution is 0.173. The summed E-state index contributed by atoms with van der Waals surface area (Å²) in [5, 5.41) is 0. The minimum Gasteiger partial charge on any atom is -0.0839 e. The average Bonchev–Trinajstić information content (AvgIpc) is 2.06. The van der Waals surface area contributed by atoms with Crippen LogP contribution in [0.5, 0.6) is 0 Å². The first-order valence-electron chi connectivity index (χ1n) is 4.88. The van der Waals surface area contributed by atoms with Gasteiger partial charge in [0.2, 0.25) is 0 Å². The van der Waals surface area contributed by atoms with Crippen LogP contribution >= 0.6 is 0 Å². The monoisotopic (exact) mass is 164 g/mol. The van der Waals surface area contributed by atoms with Crippen LogP contribution in [0.4, 0.5) is 0 Å². The molecule has 0 aromatic heterocycles. The summed E-state index contributed by atoms with van der Waals surface area (Å²) in [6.07, 6.45) is 10.2. The molecular weight excluding hydrogens is 144 g/mol. The highest BCUT2D eigenvalue weighted by Gasteiger charge is 2.30. The molecule has 0 nitrogen and oxygen atoms in total. The van der Waals surface area contributed by atoms with Gasteiger partial charge in [0.25, 0.3) is 0 Å². The zero-order chi connectivity index (χ0) is 9.19. The highest BCUT2D eigenvalue weighted by Crippen LogP contribution is 2.38. The molecule has 0 N–H and O–H groups in total. The standard InChI is InChI=1S/C12H20/c1-10(2)12(3,4)11-8-6-5-7-9-11/h5-8,10-11H,9H2,1-4H3. The van der Waals surface area contributed by atoms with Gasteiger partial charge in [-0.3, -0.25) is 0 Å². The number of rotatable bonds is 2. The van der Waals surface area contributed by atoms with Crippen molar-refractivity contribution in [1.29, 1.82) is 0 Å². The first-order chi connectivity index (χ1) is 5.55. The van der Waals surface area contributed by atoms with Crippen molar-refractivity contribution in [2.75, 3.05) is 0 Å². The Balaban J connectivity index is 2.69. The third-order valence-electron chi connectivity index (χ3n) is 3.42. The summed E-state index contributed by atoms with van der Waals surface area (Å²) in [7, 11) is 0. The fraction of sp³-hybridized carbons (Fsp3) is 0.667. The van der Waals surface area contributed by atoms with Gasteiger partial charge in [-0.2, -0.15) is 0 Å². The van der Waals surface area contributed by atoms with Gasteiger partial charge >= 0.3 is 0 Å². The van der Waals surface area contributed by atoms with Crippen LogP contribution in [0.1, 0.15) is 34.1 Å². The molecule has 0 amide bonds. The van der Waals surface area contributed by atoms with Crippen molar-refractivity contribution in [2.24, 2.45) is 17.3 Å². The van der Waals surface area contributed by atoms with E-state index in [4.69, 9.17) is 0 Å². The van der Waals surface area contributed by atoms with E-state index in [2.05, 4.69) is 52.0 Å². The molecule has 0 saturated carbocycles. The van der Waals surface area contributed by atoms with Gasteiger partial charge in [0.05, 0.1) is 0 Å². The molecule has 1 atom stereocenters. The molecule has 0 fully saturated rings. The minimum absolute atomic E-state index is 0.432. The molecule has 0 aliphatic heterocycles. The Morgan fingerprint density at radius 2 is 1.92 bits per heavy atom. The van der Waals surface area contributed by atoms with E-state index in [1.807, 2.05) is 0 Å². The summed E-state index contributed by atoms with van der Waals surface area (Å²) < 4.78 is 0. The van der Waals surface area contributed by atoms with Crippen molar-refractivity contribution in [3.8, 4) is 0 Å². The molecule has 0 aromatic rings. The highest BCUT2D eigenvalue weighted by molar-refractivity contribution is 5.13. The van der Waals surface area contributed by atoms with Gasteiger partial charge in [-0.1, -0.05) is 52.0 Å². The van der Waals surface area contributed by atoms with E-state index in [1.165, 1.54) is 6.42 Å². The Morgan fingerprint density at radius 1 is 1.25 bits per heavy atom. The second-order valence-corrected chi connectivity index (χ2v) is 4.63. The highest BCUT2D eigenvalue weighted by atomic mass is 14.3. The summed E-state index contributed by atoms with van der Waals surface area (Å²) in [5.41, 5.74) is 0.432. The fourth-order valence-electron chi connectivity index (χ4n) is 1.56. The van der Waals surface area contributed by atoms with E-state index in [0.29, 0.717) is 5.41 Å². The summed E-state index contributed by atoms with van der Waals surface area (Å²) >= 11 is 0. The molecule has 0 heteroatoms. The van der Waals surface area contributed by atoms with E-state index >= 15 is 0 Å². The third-order valence-corrected chi connectivity index (χ3v) is 3.42. The van der Waals surface area contributed by atoms with Gasteiger partial charge in [0, 0.05) is 0 Å². The molecule has 68 valence electrons. The Kier molecular flexibility index (Phi) is 2.76. The summed E-state index contributed by atoms with van der Waals surface area (Å²) in [6, 6.07) is 0. The third kappa shape index (κ3) is 1.80. The van der Waals surface area contributed by atoms with Crippen molar-refractivity contribution in [1.82, 2.24) is 0 Å². The molecule has 1 rings (SSSR count). The predicted molar refractivity (Wildman–Crippen MR) is 55.0 cm³/mol. The second-order valence-electron chi connectivity index (χ2n) is 4.63. The molecule has 0 spiro atoms. The van der Waals surface area contributed by atoms with E-state index in [0.717, 1.165) is 11.8 Å². The van der Waals surface area contributed by atoms with E-state index in [-0.39, 0.29) is 0 Å². The SMILES string of the molecule is CC(C)C(C)(C)C1C=CC=CC1. The van der Waals surface area contributed by atoms with Gasteiger partial charge in [-0.05, 0) is 23.7 Å². The van der Waals surface area contributed by atoms with Crippen molar-refractivity contribution in [2.45, 2.75) is 34.1 Å². The first-order valence-corrected chi connectivity index (χ1v) is 4.88. The average molecular weight is 164 g/mol. The van der Waals surface area contributed by atoms with Gasteiger partial charge in [-0.25, -0.2) is 0 Å². The maximum atomic E-state index is 2.37. The maximum absolute atomic E-state index is 2.37. The topological polar surface area (TPSA) is 0 Å². The second kappa shape index (κ2) is 3.47. The van der Waals surface area contributed by atoms with Crippen molar-refractivity contribution in [3.63, 3.8) is 0 Å². The van der Waals surface area contributed by atoms with Crippen LogP contribution in [0.3, 0.4) is 0 Å². The normalized spacial score (nSPS) is 23.6. The zero-order valence-corrected chi connectivity index (χ0v) is 8.67. The lowest BCUT2D eigenvalue weighted by atomic mass is 9.68. The van der Waals surface area contributed by atoms with Gasteiger partial charge in [0.15, 0.2) is 0 Å². The van der Waals surface area contributed by atoms with Crippen molar-refractivity contribution in [3.05, 3.63) is 24.3 Å². The molecule has 0 aromatic carbocycles. The summed E-state index contributed by atoms with van der Waals surface area (Å²) in [5.74, 6) is 1.47. The van der Waals surface area contributed by atoms with Crippen molar-refractivity contribution < 1.29 is 0 Å². The summed E-state index contributed by atoms with van der Waals surface area (Å²) in [6.45, 7) is 9.36. The molecule has 1 aliphatic rings. The van der Waals surface area contributed by atoms with Crippen LogP contribution in [0.15, 0.2) is 24.3 Å². The van der Waals surface area contributed by atoms with Crippen LogP contribution in [0, 0.1) is 17.3 Å². The number of allylic oxidation sites excluding steroid dienone is 4. The molecule has 0 heterocycles. The largest absolute Gasteiger partial charge is 0.0839 e. The van der Waals surface area contributed by atoms with Gasteiger partial charge < -0.3 is 0 Å². The number of hydrogen-bond acceptors (Lipinski definition) is 0. The quantitative estimate of drug-likeness (QED) is 0.582. The molecule has 0 saturated heterocycles. The van der Waals surface area contributed by atoms with Gasteiger partial charge in [0.1, 0.15) is 0 Å². The van der Waals surface area contributed by atoms with Crippen LogP contribution in [0.25, 0.3) is 0 Å². The molecule has 0 bridgehead atoms. The Hall–Kier alpha value is -0.520. The molecular formula is C12H20. The minimum atomic E-state index is 0.432. The van der Waals surface area contributed by atoms with Crippen molar-refractivity contribution >= 4 is 0 Å². The van der Waals surface area contributed by atoms with Gasteiger partial charge in [-0.15, -0.1) is 0 Å². The van der Waals surface area contributed by atoms with E-state index in [1.54, 1.807) is 0 Å². The van der Waals surface area contributed by atoms with E-state index < -0.39 is 0 Å². The zero-order valence-electron chi connectivity index (χ0n) is 8.67. The molecule has 1 unspecified atom stereocenters. The van der Waals surface area contributed by atoms with Crippen LogP contribution in [0.2, 0.25) is 0 Å².